The molecule has 0 saturated heterocycles. The highest BCUT2D eigenvalue weighted by Crippen LogP contribution is 2.22. The van der Waals surface area contributed by atoms with Gasteiger partial charge in [-0.2, -0.15) is 0 Å². The molecule has 1 atom stereocenters. The Kier molecular flexibility index (Phi) is 8.05. The van der Waals surface area contributed by atoms with Gasteiger partial charge in [-0.25, -0.2) is 4.98 Å². The van der Waals surface area contributed by atoms with Crippen molar-refractivity contribution in [2.45, 2.75) is 47.1 Å². The minimum atomic E-state index is 0.0443. The highest BCUT2D eigenvalue weighted by Gasteiger charge is 2.24. The van der Waals surface area contributed by atoms with Crippen molar-refractivity contribution >= 4 is 5.96 Å². The highest BCUT2D eigenvalue weighted by atomic mass is 16.5. The SMILES string of the molecule is CCNC(=NCC(OC)C(C)(C)C)NCCc1coc(-c2ccc(C)cc2)n1. The largest absolute Gasteiger partial charge is 0.444 e. The summed E-state index contributed by atoms with van der Waals surface area (Å²) in [7, 11) is 1.74. The smallest absolute Gasteiger partial charge is 0.226 e. The van der Waals surface area contributed by atoms with E-state index in [1.54, 1.807) is 13.4 Å². The average molecular weight is 387 g/mol. The van der Waals surface area contributed by atoms with Gasteiger partial charge >= 0.3 is 0 Å². The molecule has 0 amide bonds. The molecule has 2 aromatic rings. The lowest BCUT2D eigenvalue weighted by atomic mass is 9.89. The fourth-order valence-electron chi connectivity index (χ4n) is 2.78. The standard InChI is InChI=1S/C22H34N4O2/c1-7-23-21(25-14-19(27-6)22(3,4)5)24-13-12-18-15-28-20(26-18)17-10-8-16(2)9-11-17/h8-11,15,19H,7,12-14H2,1-6H3,(H2,23,24,25). The van der Waals surface area contributed by atoms with E-state index >= 15 is 0 Å². The molecular formula is C22H34N4O2. The number of benzene rings is 1. The number of ether oxygens (including phenoxy) is 1. The number of nitrogens with zero attached hydrogens (tertiary/aromatic N) is 2. The fraction of sp³-hybridized carbons (Fsp3) is 0.545. The molecule has 0 aliphatic heterocycles. The molecule has 0 aliphatic rings. The molecule has 0 aliphatic carbocycles. The summed E-state index contributed by atoms with van der Waals surface area (Å²) in [5.41, 5.74) is 3.18. The Morgan fingerprint density at radius 2 is 1.93 bits per heavy atom. The van der Waals surface area contributed by atoms with E-state index in [0.717, 1.165) is 36.7 Å². The van der Waals surface area contributed by atoms with Crippen molar-refractivity contribution in [3.63, 3.8) is 0 Å². The zero-order chi connectivity index (χ0) is 20.6. The van der Waals surface area contributed by atoms with Gasteiger partial charge in [0, 0.05) is 32.2 Å². The van der Waals surface area contributed by atoms with E-state index in [-0.39, 0.29) is 11.5 Å². The second kappa shape index (κ2) is 10.3. The first-order valence-electron chi connectivity index (χ1n) is 9.90. The number of aromatic nitrogens is 1. The Labute approximate surface area is 168 Å². The van der Waals surface area contributed by atoms with Crippen LogP contribution < -0.4 is 10.6 Å². The summed E-state index contributed by atoms with van der Waals surface area (Å²) in [6.45, 7) is 12.7. The number of aryl methyl sites for hydroxylation is 1. The third kappa shape index (κ3) is 6.68. The minimum absolute atomic E-state index is 0.0443. The van der Waals surface area contributed by atoms with Crippen molar-refractivity contribution in [1.29, 1.82) is 0 Å². The molecule has 6 heteroatoms. The second-order valence-electron chi connectivity index (χ2n) is 8.00. The first kappa shape index (κ1) is 22.0. The van der Waals surface area contributed by atoms with Gasteiger partial charge in [0.1, 0.15) is 6.26 Å². The molecule has 28 heavy (non-hydrogen) atoms. The number of oxazole rings is 1. The number of hydrogen-bond donors (Lipinski definition) is 2. The zero-order valence-corrected chi connectivity index (χ0v) is 18.0. The summed E-state index contributed by atoms with van der Waals surface area (Å²) in [4.78, 5) is 9.25. The van der Waals surface area contributed by atoms with Crippen LogP contribution in [-0.2, 0) is 11.2 Å². The number of aliphatic imine (C=N–C) groups is 1. The van der Waals surface area contributed by atoms with Gasteiger partial charge in [-0.05, 0) is 31.4 Å². The predicted molar refractivity (Wildman–Crippen MR) is 115 cm³/mol. The molecule has 2 N–H and O–H groups in total. The van der Waals surface area contributed by atoms with Gasteiger partial charge in [-0.15, -0.1) is 0 Å². The van der Waals surface area contributed by atoms with Gasteiger partial charge in [-0.1, -0.05) is 38.5 Å². The third-order valence-corrected chi connectivity index (χ3v) is 4.53. The van der Waals surface area contributed by atoms with Crippen LogP contribution in [0.5, 0.6) is 0 Å². The normalized spacial score (nSPS) is 13.4. The molecule has 2 rings (SSSR count). The number of methoxy groups -OCH3 is 1. The molecule has 0 saturated carbocycles. The van der Waals surface area contributed by atoms with Crippen LogP contribution in [0.3, 0.4) is 0 Å². The molecule has 0 bridgehead atoms. The van der Waals surface area contributed by atoms with Crippen LogP contribution in [0.25, 0.3) is 11.5 Å². The first-order chi connectivity index (χ1) is 13.3. The number of nitrogens with one attached hydrogen (secondary N) is 2. The molecule has 154 valence electrons. The van der Waals surface area contributed by atoms with E-state index in [2.05, 4.69) is 67.4 Å². The average Bonchev–Trinajstić information content (AvgIpc) is 3.10. The lowest BCUT2D eigenvalue weighted by Crippen LogP contribution is -2.40. The van der Waals surface area contributed by atoms with Gasteiger partial charge in [0.2, 0.25) is 5.89 Å². The molecule has 6 nitrogen and oxygen atoms in total. The molecule has 0 radical (unpaired) electrons. The Bertz CT molecular complexity index is 745. The fourth-order valence-corrected chi connectivity index (χ4v) is 2.78. The maximum Gasteiger partial charge on any atom is 0.226 e. The molecule has 1 aromatic carbocycles. The summed E-state index contributed by atoms with van der Waals surface area (Å²) >= 11 is 0. The Morgan fingerprint density at radius 1 is 1.21 bits per heavy atom. The first-order valence-corrected chi connectivity index (χ1v) is 9.90. The van der Waals surface area contributed by atoms with Crippen LogP contribution >= 0.6 is 0 Å². The van der Waals surface area contributed by atoms with Crippen LogP contribution in [0.1, 0.15) is 39.0 Å². The summed E-state index contributed by atoms with van der Waals surface area (Å²) in [6, 6.07) is 8.18. The maximum absolute atomic E-state index is 5.63. The second-order valence-corrected chi connectivity index (χ2v) is 8.00. The van der Waals surface area contributed by atoms with E-state index in [0.29, 0.717) is 12.4 Å². The molecule has 1 unspecified atom stereocenters. The molecule has 0 spiro atoms. The summed E-state index contributed by atoms with van der Waals surface area (Å²) in [6.07, 6.45) is 2.55. The van der Waals surface area contributed by atoms with Gasteiger partial charge < -0.3 is 19.8 Å². The Morgan fingerprint density at radius 3 is 2.54 bits per heavy atom. The third-order valence-electron chi connectivity index (χ3n) is 4.53. The predicted octanol–water partition coefficient (Wildman–Crippen LogP) is 3.81. The van der Waals surface area contributed by atoms with E-state index < -0.39 is 0 Å². The summed E-state index contributed by atoms with van der Waals surface area (Å²) < 4.78 is 11.2. The van der Waals surface area contributed by atoms with Crippen molar-refractivity contribution in [3.05, 3.63) is 41.8 Å². The molecular weight excluding hydrogens is 352 g/mol. The van der Waals surface area contributed by atoms with Crippen molar-refractivity contribution in [3.8, 4) is 11.5 Å². The van der Waals surface area contributed by atoms with Gasteiger partial charge in [0.15, 0.2) is 5.96 Å². The number of rotatable bonds is 8. The molecule has 1 aromatic heterocycles. The lowest BCUT2D eigenvalue weighted by molar-refractivity contribution is 0.0241. The van der Waals surface area contributed by atoms with Crippen molar-refractivity contribution in [2.75, 3.05) is 26.7 Å². The van der Waals surface area contributed by atoms with Crippen LogP contribution in [0.4, 0.5) is 0 Å². The minimum Gasteiger partial charge on any atom is -0.444 e. The summed E-state index contributed by atoms with van der Waals surface area (Å²) in [5, 5.41) is 6.63. The maximum atomic E-state index is 5.63. The number of guanidine groups is 1. The Balaban J connectivity index is 1.90. The van der Waals surface area contributed by atoms with Crippen LogP contribution in [0, 0.1) is 12.3 Å². The van der Waals surface area contributed by atoms with E-state index in [4.69, 9.17) is 9.15 Å². The monoisotopic (exact) mass is 386 g/mol. The quantitative estimate of drug-likeness (QED) is 0.533. The van der Waals surface area contributed by atoms with Crippen molar-refractivity contribution in [2.24, 2.45) is 10.4 Å². The lowest BCUT2D eigenvalue weighted by Gasteiger charge is -2.28. The topological polar surface area (TPSA) is 71.7 Å². The summed E-state index contributed by atoms with van der Waals surface area (Å²) in [5.74, 6) is 1.44. The van der Waals surface area contributed by atoms with Gasteiger partial charge in [-0.3, -0.25) is 4.99 Å². The van der Waals surface area contributed by atoms with E-state index in [1.807, 2.05) is 12.1 Å². The van der Waals surface area contributed by atoms with E-state index in [9.17, 15) is 0 Å². The van der Waals surface area contributed by atoms with Crippen LogP contribution in [0.2, 0.25) is 0 Å². The molecule has 1 heterocycles. The number of hydrogen-bond acceptors (Lipinski definition) is 4. The highest BCUT2D eigenvalue weighted by molar-refractivity contribution is 5.79. The Hall–Kier alpha value is -2.34. The van der Waals surface area contributed by atoms with E-state index in [1.165, 1.54) is 5.56 Å². The van der Waals surface area contributed by atoms with Gasteiger partial charge in [0.25, 0.3) is 0 Å². The zero-order valence-electron chi connectivity index (χ0n) is 18.0. The van der Waals surface area contributed by atoms with Crippen molar-refractivity contribution < 1.29 is 9.15 Å². The molecule has 0 fully saturated rings. The van der Waals surface area contributed by atoms with Crippen LogP contribution in [-0.4, -0.2) is 43.8 Å². The van der Waals surface area contributed by atoms with Gasteiger partial charge in [0.05, 0.1) is 18.3 Å². The van der Waals surface area contributed by atoms with Crippen molar-refractivity contribution in [1.82, 2.24) is 15.6 Å². The van der Waals surface area contributed by atoms with Crippen LogP contribution in [0.15, 0.2) is 39.9 Å².